The van der Waals surface area contributed by atoms with E-state index in [1.165, 1.54) is 0 Å². The second-order valence-corrected chi connectivity index (χ2v) is 6.57. The summed E-state index contributed by atoms with van der Waals surface area (Å²) in [7, 11) is 0. The summed E-state index contributed by atoms with van der Waals surface area (Å²) in [5.41, 5.74) is -0.396. The van der Waals surface area contributed by atoms with E-state index >= 15 is 0 Å². The highest BCUT2D eigenvalue weighted by Crippen LogP contribution is 2.29. The lowest BCUT2D eigenvalue weighted by Crippen LogP contribution is -2.50. The van der Waals surface area contributed by atoms with Gasteiger partial charge in [-0.25, -0.2) is 0 Å². The van der Waals surface area contributed by atoms with Crippen LogP contribution in [0.1, 0.15) is 54.9 Å². The molecule has 0 aromatic rings. The van der Waals surface area contributed by atoms with Gasteiger partial charge in [-0.2, -0.15) is 0 Å². The molecule has 0 aromatic carbocycles. The summed E-state index contributed by atoms with van der Waals surface area (Å²) in [5, 5.41) is 3.56. The minimum Gasteiger partial charge on any atom is -0.321 e. The van der Waals surface area contributed by atoms with Crippen LogP contribution in [0.3, 0.4) is 0 Å². The van der Waals surface area contributed by atoms with Gasteiger partial charge in [0.05, 0.1) is 11.7 Å². The van der Waals surface area contributed by atoms with Gasteiger partial charge >= 0.3 is 0 Å². The molecule has 1 N–H and O–H groups in total. The minimum atomic E-state index is -0.396. The second-order valence-electron chi connectivity index (χ2n) is 6.57. The lowest BCUT2D eigenvalue weighted by atomic mass is 9.99. The molecule has 118 valence electrons. The van der Waals surface area contributed by atoms with E-state index in [0.717, 1.165) is 26.1 Å². The first-order chi connectivity index (χ1) is 9.30. The molecule has 1 heterocycles. The van der Waals surface area contributed by atoms with Crippen LogP contribution >= 0.6 is 0 Å². The van der Waals surface area contributed by atoms with E-state index in [1.807, 2.05) is 6.92 Å². The van der Waals surface area contributed by atoms with Crippen molar-refractivity contribution in [3.8, 4) is 0 Å². The van der Waals surface area contributed by atoms with E-state index in [-0.39, 0.29) is 18.1 Å². The van der Waals surface area contributed by atoms with E-state index in [4.69, 9.17) is 0 Å². The van der Waals surface area contributed by atoms with Crippen molar-refractivity contribution in [2.24, 2.45) is 5.92 Å². The van der Waals surface area contributed by atoms with Gasteiger partial charge in [-0.15, -0.1) is 0 Å². The van der Waals surface area contributed by atoms with Gasteiger partial charge in [0.25, 0.3) is 0 Å². The molecule has 4 nitrogen and oxygen atoms in total. The summed E-state index contributed by atoms with van der Waals surface area (Å²) in [4.78, 5) is 17.3. The Hall–Kier alpha value is -0.610. The Labute approximate surface area is 124 Å². The molecule has 1 amide bonds. The number of nitrogens with zero attached hydrogens (tertiary/aromatic N) is 2. The monoisotopic (exact) mass is 283 g/mol. The molecule has 1 rings (SSSR count). The highest BCUT2D eigenvalue weighted by molar-refractivity contribution is 5.88. The van der Waals surface area contributed by atoms with Crippen LogP contribution in [0.5, 0.6) is 0 Å². The number of carbonyl (C=O) groups is 1. The summed E-state index contributed by atoms with van der Waals surface area (Å²) in [6, 6.07) is 0.246. The zero-order chi connectivity index (χ0) is 15.5. The predicted octanol–water partition coefficient (Wildman–Crippen LogP) is 2.30. The van der Waals surface area contributed by atoms with E-state index in [0.29, 0.717) is 5.92 Å². The van der Waals surface area contributed by atoms with Crippen molar-refractivity contribution in [3.05, 3.63) is 0 Å². The molecular weight excluding hydrogens is 250 g/mol. The summed E-state index contributed by atoms with van der Waals surface area (Å²) in [6.45, 7) is 18.0. The number of amides is 1. The second kappa shape index (κ2) is 6.90. The topological polar surface area (TPSA) is 35.6 Å². The first-order valence-corrected chi connectivity index (χ1v) is 8.13. The molecule has 1 aliphatic rings. The van der Waals surface area contributed by atoms with Gasteiger partial charge in [0.15, 0.2) is 0 Å². The van der Waals surface area contributed by atoms with Crippen LogP contribution in [-0.2, 0) is 4.79 Å². The lowest BCUT2D eigenvalue weighted by Gasteiger charge is -2.35. The average Bonchev–Trinajstić information content (AvgIpc) is 2.69. The summed E-state index contributed by atoms with van der Waals surface area (Å²) in [5.74, 6) is 0.685. The van der Waals surface area contributed by atoms with Crippen molar-refractivity contribution in [2.75, 3.05) is 19.6 Å². The molecule has 0 radical (unpaired) electrons. The molecule has 0 aliphatic carbocycles. The molecule has 1 aliphatic heterocycles. The Balaban J connectivity index is 2.91. The number of nitrogens with one attached hydrogen (secondary N) is 1. The van der Waals surface area contributed by atoms with Crippen LogP contribution in [0, 0.1) is 5.92 Å². The van der Waals surface area contributed by atoms with Gasteiger partial charge in [-0.05, 0) is 39.3 Å². The van der Waals surface area contributed by atoms with E-state index in [2.05, 4.69) is 56.7 Å². The summed E-state index contributed by atoms with van der Waals surface area (Å²) >= 11 is 0. The molecular formula is C16H33N3O. The molecule has 0 spiro atoms. The van der Waals surface area contributed by atoms with Crippen molar-refractivity contribution in [1.29, 1.82) is 0 Å². The fraction of sp³-hybridized carbons (Fsp3) is 0.938. The molecule has 1 fully saturated rings. The highest BCUT2D eigenvalue weighted by atomic mass is 16.2. The Morgan fingerprint density at radius 3 is 2.20 bits per heavy atom. The summed E-state index contributed by atoms with van der Waals surface area (Å²) in [6.07, 6.45) is 0.988. The fourth-order valence-electron chi connectivity index (χ4n) is 3.03. The Morgan fingerprint density at radius 1 is 1.25 bits per heavy atom. The Morgan fingerprint density at radius 2 is 1.80 bits per heavy atom. The van der Waals surface area contributed by atoms with Crippen LogP contribution < -0.4 is 5.32 Å². The van der Waals surface area contributed by atoms with Crippen molar-refractivity contribution >= 4 is 5.91 Å². The largest absolute Gasteiger partial charge is 0.321 e. The zero-order valence-electron chi connectivity index (χ0n) is 14.4. The predicted molar refractivity (Wildman–Crippen MR) is 84.6 cm³/mol. The zero-order valence-corrected chi connectivity index (χ0v) is 14.4. The van der Waals surface area contributed by atoms with Crippen LogP contribution in [0.4, 0.5) is 0 Å². The van der Waals surface area contributed by atoms with Crippen LogP contribution in [-0.4, -0.2) is 53.1 Å². The van der Waals surface area contributed by atoms with Crippen LogP contribution in [0.2, 0.25) is 0 Å². The maximum absolute atomic E-state index is 12.8. The molecule has 0 aromatic heterocycles. The molecule has 1 saturated heterocycles. The van der Waals surface area contributed by atoms with Crippen molar-refractivity contribution < 1.29 is 4.79 Å². The lowest BCUT2D eigenvalue weighted by molar-refractivity contribution is -0.135. The third-order valence-electron chi connectivity index (χ3n) is 4.70. The molecule has 3 unspecified atom stereocenters. The first kappa shape index (κ1) is 17.4. The number of rotatable bonds is 7. The third kappa shape index (κ3) is 3.34. The maximum Gasteiger partial charge on any atom is 0.244 e. The quantitative estimate of drug-likeness (QED) is 0.779. The van der Waals surface area contributed by atoms with Gasteiger partial charge in [0.1, 0.15) is 0 Å². The van der Waals surface area contributed by atoms with E-state index < -0.39 is 5.54 Å². The van der Waals surface area contributed by atoms with E-state index in [1.54, 1.807) is 0 Å². The number of carbonyl (C=O) groups excluding carboxylic acids is 1. The molecule has 4 heteroatoms. The first-order valence-electron chi connectivity index (χ1n) is 8.13. The standard InChI is InChI=1S/C16H33N3O/c1-8-16(7)15(20)19(14(17-16)12(4)5)13(6)11-18(9-2)10-3/h12-14,17H,8-11H2,1-7H3. The number of likely N-dealkylation sites (N-methyl/N-ethyl adjacent to an activating group) is 1. The fourth-order valence-corrected chi connectivity index (χ4v) is 3.03. The smallest absolute Gasteiger partial charge is 0.244 e. The van der Waals surface area contributed by atoms with Crippen molar-refractivity contribution in [2.45, 2.75) is 72.6 Å². The molecule has 20 heavy (non-hydrogen) atoms. The van der Waals surface area contributed by atoms with Gasteiger partial charge in [-0.3, -0.25) is 10.1 Å². The Kier molecular flexibility index (Phi) is 6.02. The maximum atomic E-state index is 12.8. The van der Waals surface area contributed by atoms with Crippen LogP contribution in [0.25, 0.3) is 0 Å². The van der Waals surface area contributed by atoms with Gasteiger partial charge < -0.3 is 9.80 Å². The van der Waals surface area contributed by atoms with Gasteiger partial charge in [0.2, 0.25) is 5.91 Å². The molecule has 0 saturated carbocycles. The van der Waals surface area contributed by atoms with E-state index in [9.17, 15) is 4.79 Å². The SMILES string of the molecule is CCN(CC)CC(C)N1C(=O)C(C)(CC)NC1C(C)C. The highest BCUT2D eigenvalue weighted by Gasteiger charge is 2.49. The Bertz CT molecular complexity index is 328. The van der Waals surface area contributed by atoms with Gasteiger partial charge in [0, 0.05) is 12.6 Å². The molecule has 0 bridgehead atoms. The average molecular weight is 283 g/mol. The third-order valence-corrected chi connectivity index (χ3v) is 4.70. The molecule has 3 atom stereocenters. The van der Waals surface area contributed by atoms with Crippen LogP contribution in [0.15, 0.2) is 0 Å². The minimum absolute atomic E-state index is 0.151. The summed E-state index contributed by atoms with van der Waals surface area (Å²) < 4.78 is 0. The van der Waals surface area contributed by atoms with Crippen molar-refractivity contribution in [3.63, 3.8) is 0 Å². The number of hydrogen-bond acceptors (Lipinski definition) is 3. The normalized spacial score (nSPS) is 28.8. The van der Waals surface area contributed by atoms with Gasteiger partial charge in [-0.1, -0.05) is 34.6 Å². The van der Waals surface area contributed by atoms with Crippen molar-refractivity contribution in [1.82, 2.24) is 15.1 Å². The number of hydrogen-bond donors (Lipinski definition) is 1.